The summed E-state index contributed by atoms with van der Waals surface area (Å²) in [5, 5.41) is 41.1. The molecule has 2 aliphatic heterocycles. The zero-order valence-corrected chi connectivity index (χ0v) is 28.9. The number of rotatable bonds is 8. The molecule has 8 heteroatoms. The van der Waals surface area contributed by atoms with E-state index >= 15 is 0 Å². The molecular weight excluding hydrogens is 572 g/mol. The van der Waals surface area contributed by atoms with Crippen molar-refractivity contribution in [2.24, 2.45) is 45.3 Å². The summed E-state index contributed by atoms with van der Waals surface area (Å²) in [7, 11) is 1.77. The van der Waals surface area contributed by atoms with Crippen molar-refractivity contribution < 1.29 is 39.4 Å². The molecule has 2 heterocycles. The van der Waals surface area contributed by atoms with Crippen LogP contribution >= 0.6 is 0 Å². The molecule has 0 aromatic heterocycles. The molecule has 4 aliphatic carbocycles. The summed E-state index contributed by atoms with van der Waals surface area (Å²) in [5.41, 5.74) is -0.609. The molecule has 14 atom stereocenters. The maximum Gasteiger partial charge on any atom is 0.186 e. The molecular formula is C37H60O8. The lowest BCUT2D eigenvalue weighted by Gasteiger charge is -2.65. The molecule has 6 rings (SSSR count). The normalized spacial score (nSPS) is 51.2. The molecule has 4 N–H and O–H groups in total. The SMILES string of the molecule is COC(C)(C)/C=C/C[C@@H](C)[C@H]1CC[C@@]2(C)[C@@H]3C=CC45OCC3(CC[C@]12C)[C@@H]4CC[C@H](O[C@@H]1O[C@H](CO)[C@@H](O)[C@@H](O)[C@H]1O)C5(C)C. The molecule has 2 unspecified atom stereocenters. The predicted molar refractivity (Wildman–Crippen MR) is 171 cm³/mol. The third-order valence-electron chi connectivity index (χ3n) is 14.8. The second-order valence-corrected chi connectivity index (χ2v) is 17.2. The fraction of sp³-hybridized carbons (Fsp3) is 0.892. The second-order valence-electron chi connectivity index (χ2n) is 17.2. The highest BCUT2D eigenvalue weighted by Crippen LogP contribution is 2.77. The van der Waals surface area contributed by atoms with Crippen LogP contribution in [0.3, 0.4) is 0 Å². The lowest BCUT2D eigenvalue weighted by atomic mass is 9.38. The highest BCUT2D eigenvalue weighted by atomic mass is 16.7. The van der Waals surface area contributed by atoms with Gasteiger partial charge in [0.05, 0.1) is 30.5 Å². The third-order valence-corrected chi connectivity index (χ3v) is 14.8. The maximum absolute atomic E-state index is 10.7. The second kappa shape index (κ2) is 11.4. The summed E-state index contributed by atoms with van der Waals surface area (Å²) >= 11 is 0. The van der Waals surface area contributed by atoms with Gasteiger partial charge in [-0.05, 0) is 87.4 Å². The number of fused-ring (bicyclic) bond motifs is 2. The van der Waals surface area contributed by atoms with Crippen molar-refractivity contribution in [2.75, 3.05) is 20.3 Å². The Morgan fingerprint density at radius 2 is 1.71 bits per heavy atom. The predicted octanol–water partition coefficient (Wildman–Crippen LogP) is 4.77. The minimum atomic E-state index is -1.46. The molecule has 2 saturated heterocycles. The van der Waals surface area contributed by atoms with E-state index in [9.17, 15) is 20.4 Å². The first kappa shape index (κ1) is 34.0. The topological polar surface area (TPSA) is 118 Å². The first-order chi connectivity index (χ1) is 21.0. The smallest absolute Gasteiger partial charge is 0.186 e. The van der Waals surface area contributed by atoms with Gasteiger partial charge in [-0.25, -0.2) is 0 Å². The molecule has 0 aromatic rings. The molecule has 0 radical (unpaired) electrons. The van der Waals surface area contributed by atoms with Crippen LogP contribution in [0.2, 0.25) is 0 Å². The van der Waals surface area contributed by atoms with E-state index in [1.807, 2.05) is 0 Å². The van der Waals surface area contributed by atoms with Crippen molar-refractivity contribution in [2.45, 2.75) is 141 Å². The van der Waals surface area contributed by atoms with Crippen molar-refractivity contribution in [1.29, 1.82) is 0 Å². The van der Waals surface area contributed by atoms with Crippen molar-refractivity contribution in [3.63, 3.8) is 0 Å². The first-order valence-corrected chi connectivity index (χ1v) is 17.6. The fourth-order valence-corrected chi connectivity index (χ4v) is 11.6. The average Bonchev–Trinajstić information content (AvgIpc) is 3.39. The van der Waals surface area contributed by atoms with Crippen LogP contribution in [0.15, 0.2) is 24.3 Å². The number of aliphatic hydroxyl groups excluding tert-OH is 4. The molecule has 256 valence electrons. The monoisotopic (exact) mass is 632 g/mol. The van der Waals surface area contributed by atoms with Gasteiger partial charge >= 0.3 is 0 Å². The Kier molecular flexibility index (Phi) is 8.60. The van der Waals surface area contributed by atoms with Gasteiger partial charge < -0.3 is 39.4 Å². The summed E-state index contributed by atoms with van der Waals surface area (Å²) in [6, 6.07) is 0. The van der Waals surface area contributed by atoms with Gasteiger partial charge in [0.25, 0.3) is 0 Å². The Morgan fingerprint density at radius 1 is 0.978 bits per heavy atom. The highest BCUT2D eigenvalue weighted by Gasteiger charge is 2.75. The quantitative estimate of drug-likeness (QED) is 0.283. The summed E-state index contributed by atoms with van der Waals surface area (Å²) in [5.74, 6) is 2.12. The van der Waals surface area contributed by atoms with Gasteiger partial charge in [0, 0.05) is 23.9 Å². The molecule has 5 fully saturated rings. The number of hydrogen-bond acceptors (Lipinski definition) is 8. The number of methoxy groups -OCH3 is 1. The molecule has 8 nitrogen and oxygen atoms in total. The van der Waals surface area contributed by atoms with Gasteiger partial charge in [0.15, 0.2) is 6.29 Å². The van der Waals surface area contributed by atoms with Crippen LogP contribution in [0.1, 0.15) is 93.4 Å². The van der Waals surface area contributed by atoms with Gasteiger partial charge in [0.1, 0.15) is 24.4 Å². The Labute approximate surface area is 270 Å². The minimum Gasteiger partial charge on any atom is -0.394 e. The van der Waals surface area contributed by atoms with Crippen LogP contribution in [-0.4, -0.2) is 88.8 Å². The van der Waals surface area contributed by atoms with Gasteiger partial charge in [-0.3, -0.25) is 0 Å². The van der Waals surface area contributed by atoms with Gasteiger partial charge in [0.2, 0.25) is 0 Å². The molecule has 45 heavy (non-hydrogen) atoms. The minimum absolute atomic E-state index is 0.0922. The van der Waals surface area contributed by atoms with E-state index in [1.54, 1.807) is 7.11 Å². The molecule has 0 aromatic carbocycles. The molecule has 3 saturated carbocycles. The van der Waals surface area contributed by atoms with Crippen LogP contribution in [0.5, 0.6) is 0 Å². The van der Waals surface area contributed by atoms with E-state index < -0.39 is 48.3 Å². The van der Waals surface area contributed by atoms with E-state index in [4.69, 9.17) is 18.9 Å². The van der Waals surface area contributed by atoms with Crippen molar-refractivity contribution in [3.8, 4) is 0 Å². The molecule has 6 aliphatic rings. The van der Waals surface area contributed by atoms with Gasteiger partial charge in [-0.1, -0.05) is 58.9 Å². The Balaban J connectivity index is 1.24. The number of ether oxygens (including phenoxy) is 4. The highest BCUT2D eigenvalue weighted by molar-refractivity contribution is 5.33. The molecule has 2 bridgehead atoms. The first-order valence-electron chi connectivity index (χ1n) is 17.6. The Hall–Kier alpha value is -0.840. The Morgan fingerprint density at radius 3 is 2.40 bits per heavy atom. The Bertz CT molecular complexity index is 1170. The summed E-state index contributed by atoms with van der Waals surface area (Å²) < 4.78 is 24.9. The van der Waals surface area contributed by atoms with Crippen molar-refractivity contribution >= 4 is 0 Å². The van der Waals surface area contributed by atoms with Crippen LogP contribution < -0.4 is 0 Å². The lowest BCUT2D eigenvalue weighted by molar-refractivity contribution is -0.329. The zero-order chi connectivity index (χ0) is 32.8. The van der Waals surface area contributed by atoms with E-state index in [1.165, 1.54) is 25.7 Å². The summed E-state index contributed by atoms with van der Waals surface area (Å²) in [6.07, 6.45) is 10.5. The largest absolute Gasteiger partial charge is 0.394 e. The average molecular weight is 633 g/mol. The maximum atomic E-state index is 10.7. The fourth-order valence-electron chi connectivity index (χ4n) is 11.6. The standard InChI is InChI=1S/C37H60O8/c1-22(10-9-15-32(2,3)42-8)23-13-16-35(7)25-14-17-37-26(36(25,21-43-37)19-18-34(23,35)6)11-12-27(33(37,4)5)45-31-30(41)29(40)28(39)24(20-38)44-31/h9,14-15,17,22-31,38-41H,10-13,16,18-21H2,1-8H3/b15-9+/t22-,23-,24-,25+,26+,27+,28-,29-,30-,31+,34-,35+,36?,37?/m1/s1. The van der Waals surface area contributed by atoms with E-state index in [0.717, 1.165) is 25.9 Å². The van der Waals surface area contributed by atoms with Crippen molar-refractivity contribution in [1.82, 2.24) is 0 Å². The van der Waals surface area contributed by atoms with Crippen molar-refractivity contribution in [3.05, 3.63) is 24.3 Å². The van der Waals surface area contributed by atoms with Crippen LogP contribution in [0.4, 0.5) is 0 Å². The van der Waals surface area contributed by atoms with Crippen LogP contribution in [0.25, 0.3) is 0 Å². The van der Waals surface area contributed by atoms with Crippen LogP contribution in [-0.2, 0) is 18.9 Å². The van der Waals surface area contributed by atoms with Gasteiger partial charge in [-0.2, -0.15) is 0 Å². The van der Waals surface area contributed by atoms with E-state index in [2.05, 4.69) is 72.8 Å². The van der Waals surface area contributed by atoms with Gasteiger partial charge in [-0.15, -0.1) is 0 Å². The molecule has 0 amide bonds. The summed E-state index contributed by atoms with van der Waals surface area (Å²) in [4.78, 5) is 0. The van der Waals surface area contributed by atoms with E-state index in [-0.39, 0.29) is 27.9 Å². The molecule has 1 spiro atoms. The third kappa shape index (κ3) is 4.74. The number of hydrogen-bond donors (Lipinski definition) is 4. The lowest BCUT2D eigenvalue weighted by Crippen LogP contribution is -2.66. The summed E-state index contributed by atoms with van der Waals surface area (Å²) in [6.45, 7) is 16.6. The number of allylic oxidation sites excluding steroid dienone is 2. The number of aliphatic hydroxyl groups is 4. The van der Waals surface area contributed by atoms with Crippen LogP contribution in [0, 0.1) is 45.3 Å². The zero-order valence-electron chi connectivity index (χ0n) is 28.9. The van der Waals surface area contributed by atoms with E-state index in [0.29, 0.717) is 23.7 Å².